The van der Waals surface area contributed by atoms with E-state index < -0.39 is 16.1 Å². The minimum absolute atomic E-state index is 0.0560. The number of oxime groups is 1. The number of hydrogen-bond donors (Lipinski definition) is 0. The van der Waals surface area contributed by atoms with Gasteiger partial charge in [0.15, 0.2) is 0 Å². The highest BCUT2D eigenvalue weighted by Gasteiger charge is 2.20. The zero-order chi connectivity index (χ0) is 20.1. The predicted molar refractivity (Wildman–Crippen MR) is 109 cm³/mol. The SMILES string of the molecule is COC(=O)C(=NOS(=O)(=O)c1ccc2ccccc2c1)Sc1ccc(C)cc1. The lowest BCUT2D eigenvalue weighted by Gasteiger charge is -2.06. The first kappa shape index (κ1) is 19.9. The van der Waals surface area contributed by atoms with Gasteiger partial charge in [0.2, 0.25) is 5.04 Å². The van der Waals surface area contributed by atoms with E-state index in [0.29, 0.717) is 4.90 Å². The van der Waals surface area contributed by atoms with E-state index in [4.69, 9.17) is 4.28 Å². The number of carbonyl (C=O) groups is 1. The molecule has 0 N–H and O–H groups in total. The highest BCUT2D eigenvalue weighted by Crippen LogP contribution is 2.23. The molecule has 3 aromatic rings. The van der Waals surface area contributed by atoms with Crippen LogP contribution >= 0.6 is 11.8 Å². The summed E-state index contributed by atoms with van der Waals surface area (Å²) >= 11 is 0.955. The van der Waals surface area contributed by atoms with Gasteiger partial charge in [-0.05, 0) is 42.0 Å². The van der Waals surface area contributed by atoms with Gasteiger partial charge in [0, 0.05) is 4.90 Å². The molecular weight excluding hydrogens is 398 g/mol. The molecule has 3 aromatic carbocycles. The van der Waals surface area contributed by atoms with Crippen LogP contribution in [0.3, 0.4) is 0 Å². The maximum Gasteiger partial charge on any atom is 0.367 e. The summed E-state index contributed by atoms with van der Waals surface area (Å²) in [5.74, 6) is -0.792. The summed E-state index contributed by atoms with van der Waals surface area (Å²) in [6.45, 7) is 1.93. The number of carbonyl (C=O) groups excluding carboxylic acids is 1. The Morgan fingerprint density at radius 2 is 1.64 bits per heavy atom. The molecule has 6 nitrogen and oxygen atoms in total. The van der Waals surface area contributed by atoms with Gasteiger partial charge in [-0.25, -0.2) is 4.79 Å². The molecule has 0 aliphatic rings. The fourth-order valence-corrected chi connectivity index (χ4v) is 3.90. The van der Waals surface area contributed by atoms with E-state index >= 15 is 0 Å². The normalized spacial score (nSPS) is 12.0. The van der Waals surface area contributed by atoms with Crippen molar-refractivity contribution in [3.05, 3.63) is 72.3 Å². The molecule has 8 heteroatoms. The predicted octanol–water partition coefficient (Wildman–Crippen LogP) is 4.13. The van der Waals surface area contributed by atoms with Crippen LogP contribution in [-0.2, 0) is 23.9 Å². The van der Waals surface area contributed by atoms with Crippen molar-refractivity contribution >= 4 is 43.7 Å². The second-order valence-electron chi connectivity index (χ2n) is 5.84. The number of benzene rings is 3. The second kappa shape index (κ2) is 8.45. The molecule has 0 aliphatic heterocycles. The summed E-state index contributed by atoms with van der Waals surface area (Å²) in [4.78, 5) is 12.6. The van der Waals surface area contributed by atoms with Crippen LogP contribution in [0, 0.1) is 6.92 Å². The summed E-state index contributed by atoms with van der Waals surface area (Å²) in [6, 6.07) is 19.2. The van der Waals surface area contributed by atoms with Crippen LogP contribution in [0.25, 0.3) is 10.8 Å². The zero-order valence-corrected chi connectivity index (χ0v) is 16.8. The average Bonchev–Trinajstić information content (AvgIpc) is 2.71. The Morgan fingerprint density at radius 1 is 0.964 bits per heavy atom. The molecule has 0 unspecified atom stereocenters. The lowest BCUT2D eigenvalue weighted by atomic mass is 10.1. The Bertz CT molecular complexity index is 1140. The van der Waals surface area contributed by atoms with E-state index in [0.717, 1.165) is 28.1 Å². The molecular formula is C20H17NO5S2. The molecule has 0 aromatic heterocycles. The summed E-state index contributed by atoms with van der Waals surface area (Å²) in [5.41, 5.74) is 1.05. The molecule has 0 aliphatic carbocycles. The van der Waals surface area contributed by atoms with Gasteiger partial charge in [-0.3, -0.25) is 4.28 Å². The highest BCUT2D eigenvalue weighted by atomic mass is 32.2. The summed E-state index contributed by atoms with van der Waals surface area (Å²) in [7, 11) is -3.01. The highest BCUT2D eigenvalue weighted by molar-refractivity contribution is 8.15. The number of hydrogen-bond acceptors (Lipinski definition) is 7. The minimum atomic E-state index is -4.20. The first-order valence-electron chi connectivity index (χ1n) is 8.22. The number of thioether (sulfide) groups is 1. The Balaban J connectivity index is 1.87. The van der Waals surface area contributed by atoms with Crippen LogP contribution in [0.1, 0.15) is 5.56 Å². The third kappa shape index (κ3) is 4.71. The van der Waals surface area contributed by atoms with E-state index in [1.54, 1.807) is 24.3 Å². The number of fused-ring (bicyclic) bond motifs is 1. The molecule has 3 rings (SSSR count). The number of aryl methyl sites for hydroxylation is 1. The van der Waals surface area contributed by atoms with Crippen LogP contribution in [0.15, 0.2) is 81.7 Å². The fraction of sp³-hybridized carbons (Fsp3) is 0.100. The third-order valence-corrected chi connectivity index (χ3v) is 5.87. The molecule has 0 fully saturated rings. The Hall–Kier alpha value is -2.84. The van der Waals surface area contributed by atoms with Gasteiger partial charge in [0.05, 0.1) is 7.11 Å². The number of nitrogens with zero attached hydrogens (tertiary/aromatic N) is 1. The van der Waals surface area contributed by atoms with E-state index in [9.17, 15) is 13.2 Å². The Morgan fingerprint density at radius 3 is 2.32 bits per heavy atom. The molecule has 0 spiro atoms. The summed E-state index contributed by atoms with van der Waals surface area (Å²) in [5, 5.41) is 4.98. The van der Waals surface area contributed by atoms with Gasteiger partial charge < -0.3 is 4.74 Å². The Labute approximate surface area is 167 Å². The molecule has 144 valence electrons. The molecule has 0 radical (unpaired) electrons. The quantitative estimate of drug-likeness (QED) is 0.209. The van der Waals surface area contributed by atoms with Crippen molar-refractivity contribution < 1.29 is 22.2 Å². The first-order chi connectivity index (χ1) is 13.4. The fourth-order valence-electron chi connectivity index (χ4n) is 2.35. The van der Waals surface area contributed by atoms with E-state index in [1.165, 1.54) is 19.2 Å². The van der Waals surface area contributed by atoms with Gasteiger partial charge in [0.1, 0.15) is 4.90 Å². The van der Waals surface area contributed by atoms with Crippen molar-refractivity contribution in [2.45, 2.75) is 16.7 Å². The standard InChI is InChI=1S/C20H17NO5S2/c1-14-7-10-17(11-8-14)27-19(20(22)25-2)21-26-28(23,24)18-12-9-15-5-3-4-6-16(15)13-18/h3-13H,1-2H3. The number of methoxy groups -OCH3 is 1. The van der Waals surface area contributed by atoms with Gasteiger partial charge in [-0.1, -0.05) is 64.9 Å². The smallest absolute Gasteiger partial charge is 0.367 e. The van der Waals surface area contributed by atoms with Crippen molar-refractivity contribution in [2.24, 2.45) is 5.16 Å². The molecule has 0 saturated carbocycles. The number of esters is 1. The maximum atomic E-state index is 12.5. The summed E-state index contributed by atoms with van der Waals surface area (Å²) in [6.07, 6.45) is 0. The monoisotopic (exact) mass is 415 g/mol. The third-order valence-electron chi connectivity index (χ3n) is 3.82. The largest absolute Gasteiger partial charge is 0.464 e. The van der Waals surface area contributed by atoms with Crippen molar-refractivity contribution in [2.75, 3.05) is 7.11 Å². The van der Waals surface area contributed by atoms with Crippen molar-refractivity contribution in [1.82, 2.24) is 0 Å². The van der Waals surface area contributed by atoms with E-state index in [1.807, 2.05) is 37.3 Å². The average molecular weight is 415 g/mol. The first-order valence-corrected chi connectivity index (χ1v) is 10.4. The van der Waals surface area contributed by atoms with Crippen molar-refractivity contribution in [3.8, 4) is 0 Å². The topological polar surface area (TPSA) is 82.0 Å². The van der Waals surface area contributed by atoms with Gasteiger partial charge >= 0.3 is 16.1 Å². The van der Waals surface area contributed by atoms with Crippen LogP contribution in [-0.4, -0.2) is 26.5 Å². The van der Waals surface area contributed by atoms with E-state index in [2.05, 4.69) is 9.89 Å². The lowest BCUT2D eigenvalue weighted by Crippen LogP contribution is -2.14. The second-order valence-corrected chi connectivity index (χ2v) is 8.43. The molecule has 0 saturated heterocycles. The lowest BCUT2D eigenvalue weighted by molar-refractivity contribution is -0.132. The Kier molecular flexibility index (Phi) is 6.01. The molecule has 0 atom stereocenters. The van der Waals surface area contributed by atoms with Crippen molar-refractivity contribution in [3.63, 3.8) is 0 Å². The maximum absolute atomic E-state index is 12.5. The number of rotatable bonds is 4. The summed E-state index contributed by atoms with van der Waals surface area (Å²) < 4.78 is 34.5. The zero-order valence-electron chi connectivity index (χ0n) is 15.2. The van der Waals surface area contributed by atoms with Crippen LogP contribution in [0.4, 0.5) is 0 Å². The van der Waals surface area contributed by atoms with Gasteiger partial charge in [0.25, 0.3) is 0 Å². The van der Waals surface area contributed by atoms with Crippen LogP contribution < -0.4 is 0 Å². The van der Waals surface area contributed by atoms with E-state index in [-0.39, 0.29) is 9.94 Å². The van der Waals surface area contributed by atoms with Crippen LogP contribution in [0.5, 0.6) is 0 Å². The minimum Gasteiger partial charge on any atom is -0.464 e. The molecule has 28 heavy (non-hydrogen) atoms. The molecule has 0 heterocycles. The van der Waals surface area contributed by atoms with Crippen molar-refractivity contribution in [1.29, 1.82) is 0 Å². The number of ether oxygens (including phenoxy) is 1. The molecule has 0 bridgehead atoms. The van der Waals surface area contributed by atoms with Crippen LogP contribution in [0.2, 0.25) is 0 Å². The van der Waals surface area contributed by atoms with Gasteiger partial charge in [-0.15, -0.1) is 0 Å². The molecule has 0 amide bonds. The van der Waals surface area contributed by atoms with Gasteiger partial charge in [-0.2, -0.15) is 8.42 Å².